The van der Waals surface area contributed by atoms with Gasteiger partial charge in [0.15, 0.2) is 11.6 Å². The van der Waals surface area contributed by atoms with E-state index in [1.165, 1.54) is 6.20 Å². The second kappa shape index (κ2) is 19.1. The summed E-state index contributed by atoms with van der Waals surface area (Å²) < 4.78 is 26.1. The lowest BCUT2D eigenvalue weighted by molar-refractivity contribution is 0.0485. The van der Waals surface area contributed by atoms with Crippen molar-refractivity contribution in [2.75, 3.05) is 36.0 Å². The first-order valence-corrected chi connectivity index (χ1v) is 20.8. The highest BCUT2D eigenvalue weighted by Crippen LogP contribution is 2.36. The van der Waals surface area contributed by atoms with Crippen LogP contribution in [-0.2, 0) is 9.47 Å². The first-order chi connectivity index (χ1) is 27.7. The number of alkyl carbamates (subject to hydrolysis) is 2. The minimum absolute atomic E-state index is 0.0214. The van der Waals surface area contributed by atoms with Gasteiger partial charge in [0.1, 0.15) is 17.0 Å². The minimum atomic E-state index is -0.542. The lowest BCUT2D eigenvalue weighted by Crippen LogP contribution is -2.46. The van der Waals surface area contributed by atoms with Crippen LogP contribution in [0.1, 0.15) is 89.5 Å². The van der Waals surface area contributed by atoms with Crippen LogP contribution in [0.3, 0.4) is 0 Å². The van der Waals surface area contributed by atoms with Crippen molar-refractivity contribution in [2.45, 2.75) is 118 Å². The maximum Gasteiger partial charge on any atom is 0.407 e. The largest absolute Gasteiger partial charge is 0.444 e. The average molecular weight is 852 g/mol. The molecule has 0 aromatic carbocycles. The molecule has 6 rings (SSSR count). The van der Waals surface area contributed by atoms with E-state index in [1.54, 1.807) is 12.4 Å². The van der Waals surface area contributed by atoms with Crippen LogP contribution in [0.25, 0.3) is 22.5 Å². The molecule has 2 fully saturated rings. The van der Waals surface area contributed by atoms with Crippen molar-refractivity contribution in [3.8, 4) is 22.5 Å². The van der Waals surface area contributed by atoms with E-state index in [1.807, 2.05) is 92.5 Å². The molecule has 2 N–H and O–H groups in total. The Kier molecular flexibility index (Phi) is 14.7. The topological polar surface area (TPSA) is 135 Å². The first-order valence-electron chi connectivity index (χ1n) is 20.0. The standard InChI is InChI=1S/C22H28ClFN4O2.C22H29ClN4O2/c1-13-10-14(2)19(25-11-13)17-16(23)12-26-20(18(17)24)28-8-6-15(7-9-28)27-21(29)30-22(3,4)5;1-14-10-15(2)20(25-12-14)17-11-19(24-13-18(17)23)27-8-6-16(7-9-27)26-21(28)29-22(3,4)5/h10-12,15H,6-9H2,1-5H3,(H,27,29);10-13,16H,6-9H2,1-5H3,(H,26,28). The van der Waals surface area contributed by atoms with Gasteiger partial charge in [0.25, 0.3) is 0 Å². The molecule has 0 saturated carbocycles. The van der Waals surface area contributed by atoms with Crippen LogP contribution in [0, 0.1) is 33.5 Å². The number of aromatic nitrogens is 4. The van der Waals surface area contributed by atoms with Gasteiger partial charge in [-0.15, -0.1) is 0 Å². The molecule has 318 valence electrons. The highest BCUT2D eigenvalue weighted by atomic mass is 35.5. The maximum atomic E-state index is 15.5. The van der Waals surface area contributed by atoms with Crippen LogP contribution < -0.4 is 20.4 Å². The van der Waals surface area contributed by atoms with Gasteiger partial charge in [-0.3, -0.25) is 9.97 Å². The Morgan fingerprint density at radius 2 is 1.12 bits per heavy atom. The predicted octanol–water partition coefficient (Wildman–Crippen LogP) is 9.95. The summed E-state index contributed by atoms with van der Waals surface area (Å²) in [6.45, 7) is 21.7. The molecule has 0 atom stereocenters. The molecule has 4 aromatic heterocycles. The van der Waals surface area contributed by atoms with Crippen molar-refractivity contribution in [1.82, 2.24) is 30.6 Å². The molecule has 2 saturated heterocycles. The Hall–Kier alpha value is -4.75. The fourth-order valence-corrected chi connectivity index (χ4v) is 7.50. The van der Waals surface area contributed by atoms with Gasteiger partial charge in [-0.05, 0) is 123 Å². The fraction of sp³-hybridized carbons (Fsp3) is 0.500. The SMILES string of the molecule is Cc1cnc(-c2c(Cl)cnc(N3CCC(NC(=O)OC(C)(C)C)CC3)c2F)c(C)c1.Cc1cnc(-c2cc(N3CCC(NC(=O)OC(C)(C)C)CC3)ncc2Cl)c(C)c1. The zero-order chi connectivity index (χ0) is 43.2. The van der Waals surface area contributed by atoms with Gasteiger partial charge in [0, 0.05) is 68.6 Å². The zero-order valence-electron chi connectivity index (χ0n) is 35.8. The van der Waals surface area contributed by atoms with Gasteiger partial charge in [-0.1, -0.05) is 35.3 Å². The number of amides is 2. The van der Waals surface area contributed by atoms with Gasteiger partial charge >= 0.3 is 12.2 Å². The number of nitrogens with zero attached hydrogens (tertiary/aromatic N) is 6. The summed E-state index contributed by atoms with van der Waals surface area (Å²) in [7, 11) is 0. The lowest BCUT2D eigenvalue weighted by atomic mass is 10.0. The number of carbonyl (C=O) groups excluding carboxylic acids is 2. The molecule has 0 aliphatic carbocycles. The third kappa shape index (κ3) is 12.6. The second-order valence-electron chi connectivity index (χ2n) is 17.3. The van der Waals surface area contributed by atoms with E-state index in [-0.39, 0.29) is 34.6 Å². The van der Waals surface area contributed by atoms with E-state index in [9.17, 15) is 9.59 Å². The number of carbonyl (C=O) groups is 2. The number of hydrogen-bond donors (Lipinski definition) is 2. The molecule has 4 aromatic rings. The summed E-state index contributed by atoms with van der Waals surface area (Å²) in [6.07, 6.45) is 8.93. The van der Waals surface area contributed by atoms with Crippen molar-refractivity contribution in [3.63, 3.8) is 0 Å². The summed E-state index contributed by atoms with van der Waals surface area (Å²) >= 11 is 12.7. The minimum Gasteiger partial charge on any atom is -0.444 e. The molecule has 6 heterocycles. The third-order valence-electron chi connectivity index (χ3n) is 9.77. The van der Waals surface area contributed by atoms with E-state index >= 15 is 4.39 Å². The Balaban J connectivity index is 0.000000224. The summed E-state index contributed by atoms with van der Waals surface area (Å²) in [4.78, 5) is 45.8. The summed E-state index contributed by atoms with van der Waals surface area (Å²) in [5.41, 5.74) is 5.60. The molecular formula is C44H57Cl2FN8O4. The Morgan fingerprint density at radius 1 is 0.661 bits per heavy atom. The van der Waals surface area contributed by atoms with Gasteiger partial charge in [-0.2, -0.15) is 0 Å². The predicted molar refractivity (Wildman–Crippen MR) is 233 cm³/mol. The third-order valence-corrected chi connectivity index (χ3v) is 10.4. The van der Waals surface area contributed by atoms with Crippen LogP contribution in [0.4, 0.5) is 25.6 Å². The number of nitrogens with one attached hydrogen (secondary N) is 2. The fourth-order valence-electron chi connectivity index (χ4n) is 7.09. The van der Waals surface area contributed by atoms with E-state index in [2.05, 4.69) is 41.5 Å². The molecule has 15 heteroatoms. The molecule has 0 bridgehead atoms. The Bertz CT molecular complexity index is 2130. The molecule has 0 spiro atoms. The van der Waals surface area contributed by atoms with Crippen LogP contribution in [0.5, 0.6) is 0 Å². The summed E-state index contributed by atoms with van der Waals surface area (Å²) in [6, 6.07) is 6.15. The van der Waals surface area contributed by atoms with Gasteiger partial charge in [0.05, 0.1) is 27.0 Å². The van der Waals surface area contributed by atoms with Crippen molar-refractivity contribution in [3.05, 3.63) is 81.1 Å². The van der Waals surface area contributed by atoms with Crippen LogP contribution in [0.15, 0.2) is 43.0 Å². The van der Waals surface area contributed by atoms with Gasteiger partial charge in [0.2, 0.25) is 0 Å². The molecule has 2 aliphatic heterocycles. The lowest BCUT2D eigenvalue weighted by Gasteiger charge is -2.34. The number of halogens is 3. The van der Waals surface area contributed by atoms with Crippen molar-refractivity contribution >= 4 is 47.0 Å². The number of pyridine rings is 4. The number of hydrogen-bond acceptors (Lipinski definition) is 10. The highest BCUT2D eigenvalue weighted by molar-refractivity contribution is 6.33. The van der Waals surface area contributed by atoms with Gasteiger partial charge < -0.3 is 29.9 Å². The normalized spacial score (nSPS) is 15.3. The van der Waals surface area contributed by atoms with E-state index in [0.717, 1.165) is 65.3 Å². The van der Waals surface area contributed by atoms with E-state index in [0.29, 0.717) is 36.6 Å². The first kappa shape index (κ1) is 45.3. The van der Waals surface area contributed by atoms with Crippen molar-refractivity contribution in [2.24, 2.45) is 0 Å². The van der Waals surface area contributed by atoms with Crippen molar-refractivity contribution in [1.29, 1.82) is 0 Å². The highest BCUT2D eigenvalue weighted by Gasteiger charge is 2.29. The smallest absolute Gasteiger partial charge is 0.407 e. The van der Waals surface area contributed by atoms with Gasteiger partial charge in [-0.25, -0.2) is 23.9 Å². The maximum absolute atomic E-state index is 15.5. The molecular weight excluding hydrogens is 794 g/mol. The number of rotatable bonds is 6. The molecule has 0 radical (unpaired) electrons. The number of ether oxygens (including phenoxy) is 2. The zero-order valence-corrected chi connectivity index (χ0v) is 37.3. The Morgan fingerprint density at radius 3 is 1.59 bits per heavy atom. The Labute approximate surface area is 357 Å². The number of anilines is 2. The summed E-state index contributed by atoms with van der Waals surface area (Å²) in [5.74, 6) is 0.661. The van der Waals surface area contributed by atoms with Crippen LogP contribution in [-0.4, -0.2) is 81.6 Å². The van der Waals surface area contributed by atoms with E-state index in [4.69, 9.17) is 32.7 Å². The van der Waals surface area contributed by atoms with Crippen molar-refractivity contribution < 1.29 is 23.5 Å². The molecule has 59 heavy (non-hydrogen) atoms. The molecule has 0 unspecified atom stereocenters. The molecule has 2 aliphatic rings. The number of aryl methyl sites for hydroxylation is 4. The van der Waals surface area contributed by atoms with E-state index < -0.39 is 23.1 Å². The monoisotopic (exact) mass is 850 g/mol. The number of piperidine rings is 2. The molecule has 12 nitrogen and oxygen atoms in total. The van der Waals surface area contributed by atoms with Crippen LogP contribution in [0.2, 0.25) is 10.0 Å². The second-order valence-corrected chi connectivity index (χ2v) is 18.1. The average Bonchev–Trinajstić information content (AvgIpc) is 3.12. The quantitative estimate of drug-likeness (QED) is 0.193. The van der Waals surface area contributed by atoms with Crippen LogP contribution >= 0.6 is 23.2 Å². The summed E-state index contributed by atoms with van der Waals surface area (Å²) in [5, 5.41) is 6.68. The molecule has 2 amide bonds.